The molecule has 3 N–H and O–H groups in total. The number of hydrogen-bond donors (Lipinski definition) is 3. The van der Waals surface area contributed by atoms with E-state index in [9.17, 15) is 9.59 Å². The van der Waals surface area contributed by atoms with Crippen LogP contribution in [0.15, 0.2) is 36.4 Å². The molecule has 0 fully saturated rings. The second-order valence-corrected chi connectivity index (χ2v) is 12.7. The summed E-state index contributed by atoms with van der Waals surface area (Å²) >= 11 is 1.17. The molecule has 3 rings (SSSR count). The van der Waals surface area contributed by atoms with Gasteiger partial charge in [0.15, 0.2) is 0 Å². The molecule has 0 saturated heterocycles. The van der Waals surface area contributed by atoms with E-state index in [4.69, 9.17) is 24.4 Å². The highest BCUT2D eigenvalue weighted by Crippen LogP contribution is 2.37. The summed E-state index contributed by atoms with van der Waals surface area (Å²) in [5, 5.41) is 16.9. The van der Waals surface area contributed by atoms with Gasteiger partial charge in [-0.25, -0.2) is 4.79 Å². The first-order chi connectivity index (χ1) is 22.1. The molecule has 2 unspecified atom stereocenters. The lowest BCUT2D eigenvalue weighted by Crippen LogP contribution is -2.52. The molecule has 2 heterocycles. The SMILES string of the molecule is CCCCCCOc1nsnc1C1=CCC[N+](C)(C(OC(=O)NCCCCCC(=O)OC(C)(C)C)c2ccccc2)C1.CO.CO. The zero-order valence-electron chi connectivity index (χ0n) is 28.9. The van der Waals surface area contributed by atoms with E-state index in [-0.39, 0.29) is 5.97 Å². The molecular formula is C34H57N4O7S+. The van der Waals surface area contributed by atoms with Gasteiger partial charge in [0.05, 0.1) is 37.5 Å². The van der Waals surface area contributed by atoms with Crippen LogP contribution in [0.4, 0.5) is 4.79 Å². The summed E-state index contributed by atoms with van der Waals surface area (Å²) in [4.78, 5) is 24.9. The van der Waals surface area contributed by atoms with Crippen molar-refractivity contribution in [3.8, 4) is 5.88 Å². The molecule has 0 aliphatic carbocycles. The van der Waals surface area contributed by atoms with Crippen LogP contribution in [0.5, 0.6) is 5.88 Å². The minimum atomic E-state index is -0.493. The third-order valence-corrected chi connectivity index (χ3v) is 7.69. The van der Waals surface area contributed by atoms with Crippen molar-refractivity contribution in [3.05, 3.63) is 47.7 Å². The number of unbranched alkanes of at least 4 members (excludes halogenated alkanes) is 5. The van der Waals surface area contributed by atoms with Crippen LogP contribution in [0.3, 0.4) is 0 Å². The average molecular weight is 666 g/mol. The molecule has 1 amide bonds. The third-order valence-electron chi connectivity index (χ3n) is 7.18. The first kappa shape index (κ1) is 41.0. The van der Waals surface area contributed by atoms with Crippen molar-refractivity contribution in [1.29, 1.82) is 0 Å². The summed E-state index contributed by atoms with van der Waals surface area (Å²) < 4.78 is 27.0. The molecule has 46 heavy (non-hydrogen) atoms. The number of carbonyl (C=O) groups is 2. The minimum absolute atomic E-state index is 0.188. The van der Waals surface area contributed by atoms with Gasteiger partial charge >= 0.3 is 12.1 Å². The fourth-order valence-electron chi connectivity index (χ4n) is 5.08. The van der Waals surface area contributed by atoms with Gasteiger partial charge in [0, 0.05) is 39.2 Å². The molecule has 12 heteroatoms. The number of nitrogens with one attached hydrogen (secondary N) is 1. The lowest BCUT2D eigenvalue weighted by atomic mass is 10.0. The Morgan fingerprint density at radius 1 is 1.00 bits per heavy atom. The predicted molar refractivity (Wildman–Crippen MR) is 182 cm³/mol. The summed E-state index contributed by atoms with van der Waals surface area (Å²) in [5.74, 6) is 0.407. The van der Waals surface area contributed by atoms with Crippen molar-refractivity contribution in [3.63, 3.8) is 0 Å². The van der Waals surface area contributed by atoms with Crippen molar-refractivity contribution in [2.75, 3.05) is 47.5 Å². The molecule has 2 aromatic rings. The first-order valence-corrected chi connectivity index (χ1v) is 16.9. The number of aromatic nitrogens is 2. The van der Waals surface area contributed by atoms with Crippen LogP contribution < -0.4 is 10.1 Å². The van der Waals surface area contributed by atoms with Gasteiger partial charge in [0.25, 0.3) is 12.1 Å². The Labute approximate surface area is 279 Å². The molecule has 1 aliphatic rings. The van der Waals surface area contributed by atoms with Crippen molar-refractivity contribution in [2.24, 2.45) is 0 Å². The van der Waals surface area contributed by atoms with Gasteiger partial charge in [0.1, 0.15) is 17.8 Å². The van der Waals surface area contributed by atoms with Crippen molar-refractivity contribution >= 4 is 29.4 Å². The van der Waals surface area contributed by atoms with Gasteiger partial charge in [-0.05, 0) is 52.2 Å². The Kier molecular flexibility index (Phi) is 20.0. The van der Waals surface area contributed by atoms with E-state index < -0.39 is 17.9 Å². The van der Waals surface area contributed by atoms with Crippen LogP contribution in [0.2, 0.25) is 0 Å². The number of alkyl carbamates (subject to hydrolysis) is 1. The van der Waals surface area contributed by atoms with E-state index in [2.05, 4.69) is 34.1 Å². The van der Waals surface area contributed by atoms with Crippen LogP contribution in [0, 0.1) is 0 Å². The number of hydrogen-bond acceptors (Lipinski definition) is 10. The van der Waals surface area contributed by atoms with Gasteiger partial charge in [0.2, 0.25) is 0 Å². The highest BCUT2D eigenvalue weighted by Gasteiger charge is 2.40. The predicted octanol–water partition coefficient (Wildman–Crippen LogP) is 6.28. The third kappa shape index (κ3) is 15.0. The number of nitrogens with zero attached hydrogens (tertiary/aromatic N) is 3. The molecule has 1 aliphatic heterocycles. The first-order valence-electron chi connectivity index (χ1n) is 16.2. The van der Waals surface area contributed by atoms with Gasteiger partial charge < -0.3 is 29.7 Å². The number of carbonyl (C=O) groups excluding carboxylic acids is 2. The molecule has 0 radical (unpaired) electrons. The zero-order chi connectivity index (χ0) is 34.4. The molecule has 2 atom stereocenters. The zero-order valence-corrected chi connectivity index (χ0v) is 29.7. The number of likely N-dealkylation sites (N-methyl/N-ethyl adjacent to an activating group) is 1. The molecular weight excluding hydrogens is 608 g/mol. The van der Waals surface area contributed by atoms with E-state index in [0.29, 0.717) is 36.5 Å². The van der Waals surface area contributed by atoms with E-state index in [0.717, 1.165) is 76.1 Å². The molecule has 11 nitrogen and oxygen atoms in total. The Morgan fingerprint density at radius 2 is 1.70 bits per heavy atom. The molecule has 1 aromatic heterocycles. The molecule has 0 bridgehead atoms. The largest absolute Gasteiger partial charge is 0.475 e. The van der Waals surface area contributed by atoms with Crippen LogP contribution in [-0.2, 0) is 14.3 Å². The normalized spacial score (nSPS) is 16.4. The van der Waals surface area contributed by atoms with Gasteiger partial charge in [-0.2, -0.15) is 4.37 Å². The number of rotatable bonds is 16. The molecule has 0 saturated carbocycles. The van der Waals surface area contributed by atoms with Gasteiger partial charge in [-0.1, -0.05) is 56.9 Å². The van der Waals surface area contributed by atoms with Crippen molar-refractivity contribution < 1.29 is 38.5 Å². The van der Waals surface area contributed by atoms with Crippen LogP contribution in [0.25, 0.3) is 5.57 Å². The maximum absolute atomic E-state index is 13.0. The average Bonchev–Trinajstić information content (AvgIpc) is 3.51. The smallest absolute Gasteiger partial charge is 0.411 e. The van der Waals surface area contributed by atoms with E-state index in [1.807, 2.05) is 51.1 Å². The summed E-state index contributed by atoms with van der Waals surface area (Å²) in [6, 6.07) is 9.91. The Morgan fingerprint density at radius 3 is 2.37 bits per heavy atom. The number of aliphatic hydroxyl groups excluding tert-OH is 2. The number of ether oxygens (including phenoxy) is 3. The second kappa shape index (κ2) is 22.5. The Balaban J connectivity index is 0.00000254. The lowest BCUT2D eigenvalue weighted by molar-refractivity contribution is -0.953. The number of quaternary nitrogens is 1. The monoisotopic (exact) mass is 665 g/mol. The fraction of sp³-hybridized carbons (Fsp3) is 0.647. The van der Waals surface area contributed by atoms with Crippen molar-refractivity contribution in [1.82, 2.24) is 14.1 Å². The minimum Gasteiger partial charge on any atom is -0.475 e. The summed E-state index contributed by atoms with van der Waals surface area (Å²) in [5.41, 5.74) is 2.33. The van der Waals surface area contributed by atoms with Gasteiger partial charge in [-0.15, -0.1) is 4.37 Å². The summed E-state index contributed by atoms with van der Waals surface area (Å²) in [7, 11) is 4.12. The number of amides is 1. The Bertz CT molecular complexity index is 1150. The number of benzene rings is 1. The quantitative estimate of drug-likeness (QED) is 0.107. The lowest BCUT2D eigenvalue weighted by Gasteiger charge is -2.42. The highest BCUT2D eigenvalue weighted by atomic mass is 32.1. The number of esters is 1. The fourth-order valence-corrected chi connectivity index (χ4v) is 5.61. The van der Waals surface area contributed by atoms with E-state index in [1.165, 1.54) is 24.6 Å². The topological polar surface area (TPSA) is 140 Å². The van der Waals surface area contributed by atoms with Gasteiger partial charge in [-0.3, -0.25) is 9.28 Å². The van der Waals surface area contributed by atoms with E-state index >= 15 is 0 Å². The maximum atomic E-state index is 13.0. The second-order valence-electron chi connectivity index (χ2n) is 12.2. The maximum Gasteiger partial charge on any atom is 0.411 e. The molecule has 1 aromatic carbocycles. The van der Waals surface area contributed by atoms with Crippen LogP contribution in [0.1, 0.15) is 103 Å². The Hall–Kier alpha value is -3.06. The molecule has 260 valence electrons. The summed E-state index contributed by atoms with van der Waals surface area (Å²) in [6.07, 6.45) is 9.29. The van der Waals surface area contributed by atoms with Crippen molar-refractivity contribution in [2.45, 2.75) is 97.3 Å². The summed E-state index contributed by atoms with van der Waals surface area (Å²) in [6.45, 7) is 10.4. The number of aliphatic hydroxyl groups is 2. The molecule has 0 spiro atoms. The highest BCUT2D eigenvalue weighted by molar-refractivity contribution is 6.99. The van der Waals surface area contributed by atoms with Crippen LogP contribution in [-0.4, -0.2) is 88.6 Å². The van der Waals surface area contributed by atoms with Crippen LogP contribution >= 0.6 is 11.7 Å². The standard InChI is InChI=1S/C32H48N4O5S.2CH4O/c1-6-7-8-15-23-39-29-28(34-42-35-29)26-19-16-22-36(5,24-26)30(25-17-11-9-12-18-25)40-31(38)33-21-14-10-13-20-27(37)41-32(2,3)4;2*1-2/h9,11-12,17-19,30H,6-8,10,13-16,20-24H2,1-5H3;2*2H,1H3/p+1. The van der Waals surface area contributed by atoms with E-state index in [1.54, 1.807) is 0 Å².